The van der Waals surface area contributed by atoms with Crippen molar-refractivity contribution in [2.24, 2.45) is 11.7 Å². The largest absolute Gasteiger partial charge is 0.354 e. The molecular formula is C15H27Cl2N3OS. The molecule has 0 aliphatic carbocycles. The van der Waals surface area contributed by atoms with Crippen molar-refractivity contribution in [3.05, 3.63) is 21.9 Å². The number of nitrogens with two attached hydrogens (primary N) is 1. The monoisotopic (exact) mass is 367 g/mol. The Kier molecular flexibility index (Phi) is 9.58. The predicted molar refractivity (Wildman–Crippen MR) is 98.2 cm³/mol. The van der Waals surface area contributed by atoms with Gasteiger partial charge in [-0.2, -0.15) is 0 Å². The van der Waals surface area contributed by atoms with E-state index < -0.39 is 0 Å². The number of fused-ring (bicyclic) bond motifs is 1. The molecule has 2 rings (SSSR count). The zero-order valence-electron chi connectivity index (χ0n) is 13.4. The third-order valence-electron chi connectivity index (χ3n) is 4.23. The van der Waals surface area contributed by atoms with E-state index in [4.69, 9.17) is 5.73 Å². The molecule has 3 N–H and O–H groups in total. The van der Waals surface area contributed by atoms with Crippen LogP contribution in [0.4, 0.5) is 0 Å². The molecule has 0 saturated heterocycles. The van der Waals surface area contributed by atoms with Gasteiger partial charge in [0.15, 0.2) is 0 Å². The van der Waals surface area contributed by atoms with E-state index in [1.807, 2.05) is 25.2 Å². The van der Waals surface area contributed by atoms with E-state index in [9.17, 15) is 4.79 Å². The molecule has 1 amide bonds. The fourth-order valence-electron chi connectivity index (χ4n) is 2.42. The van der Waals surface area contributed by atoms with Gasteiger partial charge in [0.05, 0.1) is 0 Å². The summed E-state index contributed by atoms with van der Waals surface area (Å²) in [6.45, 7) is 8.69. The van der Waals surface area contributed by atoms with Gasteiger partial charge in [-0.15, -0.1) is 36.2 Å². The van der Waals surface area contributed by atoms with Gasteiger partial charge in [0, 0.05) is 42.5 Å². The molecule has 1 aliphatic rings. The first kappa shape index (κ1) is 21.7. The molecule has 0 saturated carbocycles. The van der Waals surface area contributed by atoms with Crippen LogP contribution in [0.25, 0.3) is 0 Å². The molecule has 2 heterocycles. The molecule has 1 aromatic heterocycles. The van der Waals surface area contributed by atoms with E-state index in [0.717, 1.165) is 19.5 Å². The lowest BCUT2D eigenvalue weighted by atomic mass is 10.0. The lowest BCUT2D eigenvalue weighted by Crippen LogP contribution is -2.46. The number of nitrogens with zero attached hydrogens (tertiary/aromatic N) is 1. The Hall–Kier alpha value is -0.330. The Bertz CT molecular complexity index is 467. The zero-order chi connectivity index (χ0) is 14.7. The molecule has 0 bridgehead atoms. The van der Waals surface area contributed by atoms with Crippen LogP contribution in [0.15, 0.2) is 11.4 Å². The summed E-state index contributed by atoms with van der Waals surface area (Å²) in [7, 11) is 0. The van der Waals surface area contributed by atoms with Crippen LogP contribution >= 0.6 is 36.2 Å². The van der Waals surface area contributed by atoms with Crippen molar-refractivity contribution in [3.8, 4) is 0 Å². The quantitative estimate of drug-likeness (QED) is 0.839. The van der Waals surface area contributed by atoms with E-state index in [1.54, 1.807) is 0 Å². The molecule has 1 aliphatic heterocycles. The average Bonchev–Trinajstić information content (AvgIpc) is 2.90. The highest BCUT2D eigenvalue weighted by Crippen LogP contribution is 2.24. The van der Waals surface area contributed by atoms with E-state index in [-0.39, 0.29) is 42.7 Å². The molecular weight excluding hydrogens is 341 g/mol. The van der Waals surface area contributed by atoms with Crippen LogP contribution in [0.1, 0.15) is 31.2 Å². The van der Waals surface area contributed by atoms with Crippen molar-refractivity contribution >= 4 is 42.1 Å². The molecule has 0 spiro atoms. The van der Waals surface area contributed by atoms with Crippen LogP contribution in [-0.4, -0.2) is 36.0 Å². The molecule has 128 valence electrons. The average molecular weight is 368 g/mol. The summed E-state index contributed by atoms with van der Waals surface area (Å²) in [5.74, 6) is -0.0767. The predicted octanol–water partition coefficient (Wildman–Crippen LogP) is 2.44. The molecule has 1 aromatic rings. The Morgan fingerprint density at radius 2 is 2.09 bits per heavy atom. The van der Waals surface area contributed by atoms with Crippen molar-refractivity contribution in [1.82, 2.24) is 10.2 Å². The molecule has 7 heteroatoms. The van der Waals surface area contributed by atoms with Crippen LogP contribution < -0.4 is 11.1 Å². The van der Waals surface area contributed by atoms with Gasteiger partial charge in [-0.05, 0) is 37.3 Å². The third-order valence-corrected chi connectivity index (χ3v) is 5.26. The summed E-state index contributed by atoms with van der Waals surface area (Å²) in [6, 6.07) is 2.47. The molecule has 0 radical (unpaired) electrons. The molecule has 4 nitrogen and oxygen atoms in total. The minimum Gasteiger partial charge on any atom is -0.354 e. The number of amides is 1. The number of hydrogen-bond donors (Lipinski definition) is 2. The SMILES string of the molecule is CC(N)C(C)C(=O)NCC(C)N1CCc2sccc2C1.Cl.Cl. The number of carbonyl (C=O) groups excluding carboxylic acids is 1. The van der Waals surface area contributed by atoms with Gasteiger partial charge < -0.3 is 11.1 Å². The van der Waals surface area contributed by atoms with E-state index in [2.05, 4.69) is 28.6 Å². The van der Waals surface area contributed by atoms with Crippen molar-refractivity contribution in [1.29, 1.82) is 0 Å². The summed E-state index contributed by atoms with van der Waals surface area (Å²) in [6.07, 6.45) is 1.13. The lowest BCUT2D eigenvalue weighted by Gasteiger charge is -2.32. The highest BCUT2D eigenvalue weighted by molar-refractivity contribution is 7.10. The van der Waals surface area contributed by atoms with Gasteiger partial charge >= 0.3 is 0 Å². The van der Waals surface area contributed by atoms with E-state index in [1.165, 1.54) is 10.4 Å². The molecule has 0 fully saturated rings. The fourth-order valence-corrected chi connectivity index (χ4v) is 3.31. The number of halogens is 2. The Morgan fingerprint density at radius 1 is 1.41 bits per heavy atom. The van der Waals surface area contributed by atoms with Crippen molar-refractivity contribution in [2.45, 2.75) is 45.8 Å². The third kappa shape index (κ3) is 5.39. The second-order valence-corrected chi connectivity index (χ2v) is 6.83. The minimum atomic E-state index is -0.132. The van der Waals surface area contributed by atoms with Gasteiger partial charge in [-0.1, -0.05) is 6.92 Å². The number of rotatable bonds is 5. The molecule has 3 unspecified atom stereocenters. The first-order valence-electron chi connectivity index (χ1n) is 7.31. The topological polar surface area (TPSA) is 58.4 Å². The number of carbonyl (C=O) groups is 1. The molecule has 22 heavy (non-hydrogen) atoms. The van der Waals surface area contributed by atoms with Gasteiger partial charge in [-0.3, -0.25) is 9.69 Å². The second kappa shape index (κ2) is 9.73. The van der Waals surface area contributed by atoms with E-state index in [0.29, 0.717) is 12.6 Å². The van der Waals surface area contributed by atoms with Crippen molar-refractivity contribution in [2.75, 3.05) is 13.1 Å². The lowest BCUT2D eigenvalue weighted by molar-refractivity contribution is -0.125. The van der Waals surface area contributed by atoms with Gasteiger partial charge in [0.25, 0.3) is 0 Å². The maximum Gasteiger partial charge on any atom is 0.224 e. The maximum atomic E-state index is 11.9. The summed E-state index contributed by atoms with van der Waals surface area (Å²) in [4.78, 5) is 15.9. The van der Waals surface area contributed by atoms with Crippen molar-refractivity contribution in [3.63, 3.8) is 0 Å². The summed E-state index contributed by atoms with van der Waals surface area (Å²) >= 11 is 1.85. The highest BCUT2D eigenvalue weighted by atomic mass is 35.5. The Morgan fingerprint density at radius 3 is 2.73 bits per heavy atom. The summed E-state index contributed by atoms with van der Waals surface area (Å²) in [5, 5.41) is 5.19. The van der Waals surface area contributed by atoms with Gasteiger partial charge in [0.2, 0.25) is 5.91 Å². The second-order valence-electron chi connectivity index (χ2n) is 5.83. The fraction of sp³-hybridized carbons (Fsp3) is 0.667. The smallest absolute Gasteiger partial charge is 0.224 e. The number of nitrogens with one attached hydrogen (secondary N) is 1. The first-order chi connectivity index (χ1) is 9.49. The van der Waals surface area contributed by atoms with Crippen LogP contribution in [0, 0.1) is 5.92 Å². The summed E-state index contributed by atoms with van der Waals surface area (Å²) in [5.41, 5.74) is 7.20. The normalized spacial score (nSPS) is 18.2. The van der Waals surface area contributed by atoms with Crippen LogP contribution in [-0.2, 0) is 17.8 Å². The van der Waals surface area contributed by atoms with Crippen LogP contribution in [0.5, 0.6) is 0 Å². The Balaban J connectivity index is 0.00000220. The van der Waals surface area contributed by atoms with Crippen LogP contribution in [0.2, 0.25) is 0 Å². The maximum absolute atomic E-state index is 11.9. The molecule has 3 atom stereocenters. The molecule has 0 aromatic carbocycles. The first-order valence-corrected chi connectivity index (χ1v) is 8.19. The standard InChI is InChI=1S/C15H25N3OS.2ClH/c1-10(8-17-15(19)11(2)12(3)16)18-6-4-14-13(9-18)5-7-20-14;;/h5,7,10-12H,4,6,8-9,16H2,1-3H3,(H,17,19);2*1H. The van der Waals surface area contributed by atoms with Crippen LogP contribution in [0.3, 0.4) is 0 Å². The number of thiophene rings is 1. The van der Waals surface area contributed by atoms with Crippen molar-refractivity contribution < 1.29 is 4.79 Å². The van der Waals surface area contributed by atoms with Gasteiger partial charge in [-0.25, -0.2) is 0 Å². The minimum absolute atomic E-state index is 0. The highest BCUT2D eigenvalue weighted by Gasteiger charge is 2.23. The van der Waals surface area contributed by atoms with E-state index >= 15 is 0 Å². The van der Waals surface area contributed by atoms with Gasteiger partial charge in [0.1, 0.15) is 0 Å². The Labute approximate surface area is 149 Å². The summed E-state index contributed by atoms with van der Waals surface area (Å²) < 4.78 is 0. The number of hydrogen-bond acceptors (Lipinski definition) is 4. The zero-order valence-corrected chi connectivity index (χ0v) is 15.8.